The summed E-state index contributed by atoms with van der Waals surface area (Å²) >= 11 is 0. The summed E-state index contributed by atoms with van der Waals surface area (Å²) in [6.45, 7) is 0. The Morgan fingerprint density at radius 1 is 1.08 bits per heavy atom. The lowest BCUT2D eigenvalue weighted by Gasteiger charge is -2.32. The summed E-state index contributed by atoms with van der Waals surface area (Å²) in [5, 5.41) is 21.4. The number of carboxylic acids is 1. The number of carboxylic acid groups (broad SMARTS) is 1. The number of hydrogen-bond donors (Lipinski definition) is 2. The van der Waals surface area contributed by atoms with Crippen LogP contribution in [0.15, 0.2) is 29.4 Å². The molecule has 2 N–H and O–H groups in total. The zero-order valence-corrected chi connectivity index (χ0v) is 11.5. The smallest absolute Gasteiger partial charge is 0.430 e. The fourth-order valence-electron chi connectivity index (χ4n) is 2.07. The lowest BCUT2D eigenvalue weighted by atomic mass is 9.90. The number of rotatable bonds is 3. The Hall–Kier alpha value is -2.30. The maximum Gasteiger partial charge on any atom is 0.430 e. The van der Waals surface area contributed by atoms with E-state index in [2.05, 4.69) is 9.99 Å². The molecule has 0 saturated heterocycles. The van der Waals surface area contributed by atoms with Crippen molar-refractivity contribution in [2.75, 3.05) is 0 Å². The third-order valence-corrected chi connectivity index (χ3v) is 3.40. The topological polar surface area (TPSA) is 79.1 Å². The summed E-state index contributed by atoms with van der Waals surface area (Å²) in [6, 6.07) is 2.63. The molecule has 0 bridgehead atoms. The summed E-state index contributed by atoms with van der Waals surface area (Å²) in [7, 11) is 0. The van der Waals surface area contributed by atoms with Gasteiger partial charge in [0.15, 0.2) is 0 Å². The molecule has 0 fully saturated rings. The first-order valence-corrected chi connectivity index (χ1v) is 6.30. The van der Waals surface area contributed by atoms with E-state index in [9.17, 15) is 36.2 Å². The second-order valence-corrected chi connectivity index (χ2v) is 4.96. The summed E-state index contributed by atoms with van der Waals surface area (Å²) in [5.41, 5.74) is -6.30. The molecule has 0 aliphatic carbocycles. The highest BCUT2D eigenvalue weighted by Gasteiger charge is 2.71. The van der Waals surface area contributed by atoms with Crippen molar-refractivity contribution in [3.8, 4) is 0 Å². The van der Waals surface area contributed by atoms with E-state index in [1.165, 1.54) is 0 Å². The van der Waals surface area contributed by atoms with Crippen LogP contribution < -0.4 is 0 Å². The molecule has 1 aromatic carbocycles. The molecular formula is C13H9F6NO4. The molecule has 2 rings (SSSR count). The van der Waals surface area contributed by atoms with Crippen molar-refractivity contribution in [3.63, 3.8) is 0 Å². The highest BCUT2D eigenvalue weighted by Crippen LogP contribution is 2.49. The van der Waals surface area contributed by atoms with Gasteiger partial charge in [0.05, 0.1) is 5.71 Å². The maximum atomic E-state index is 12.7. The predicted molar refractivity (Wildman–Crippen MR) is 66.1 cm³/mol. The highest BCUT2D eigenvalue weighted by molar-refractivity contribution is 6.03. The van der Waals surface area contributed by atoms with Crippen molar-refractivity contribution in [1.82, 2.24) is 0 Å². The molecule has 1 unspecified atom stereocenters. The van der Waals surface area contributed by atoms with Crippen LogP contribution in [0.3, 0.4) is 0 Å². The Kier molecular flexibility index (Phi) is 4.25. The summed E-state index contributed by atoms with van der Waals surface area (Å²) < 4.78 is 76.5. The van der Waals surface area contributed by atoms with Gasteiger partial charge in [-0.2, -0.15) is 26.3 Å². The minimum absolute atomic E-state index is 0.0523. The van der Waals surface area contributed by atoms with Crippen LogP contribution in [0.5, 0.6) is 0 Å². The fraction of sp³-hybridized carbons (Fsp3) is 0.385. The van der Waals surface area contributed by atoms with Gasteiger partial charge in [-0.15, -0.1) is 0 Å². The van der Waals surface area contributed by atoms with E-state index in [1.807, 2.05) is 0 Å². The Bertz CT molecular complexity index is 651. The standard InChI is InChI=1S/C13H9F6NO4/c14-12(15,16)11(23,13(17,18)19)7-3-1-6(2-4-7)8-5-9(10(21)22)24-20-8/h1-4,9,23H,5H2,(H,21,22). The molecule has 1 aromatic rings. The number of halogens is 6. The van der Waals surface area contributed by atoms with E-state index in [0.717, 1.165) is 12.1 Å². The van der Waals surface area contributed by atoms with Crippen LogP contribution in [0.25, 0.3) is 0 Å². The zero-order chi connectivity index (χ0) is 18.3. The molecule has 11 heteroatoms. The van der Waals surface area contributed by atoms with Crippen LogP contribution >= 0.6 is 0 Å². The fourth-order valence-corrected chi connectivity index (χ4v) is 2.07. The molecule has 0 spiro atoms. The molecular weight excluding hydrogens is 348 g/mol. The van der Waals surface area contributed by atoms with E-state index >= 15 is 0 Å². The third-order valence-electron chi connectivity index (χ3n) is 3.40. The van der Waals surface area contributed by atoms with Gasteiger partial charge < -0.3 is 15.1 Å². The van der Waals surface area contributed by atoms with Gasteiger partial charge in [0.1, 0.15) is 0 Å². The SMILES string of the molecule is O=C(O)C1CC(c2ccc(C(O)(C(F)(F)F)C(F)(F)F)cc2)=NO1. The predicted octanol–water partition coefficient (Wildman–Crippen LogP) is 2.58. The molecule has 24 heavy (non-hydrogen) atoms. The molecule has 0 radical (unpaired) electrons. The molecule has 0 aromatic heterocycles. The normalized spacial score (nSPS) is 19.0. The first kappa shape index (κ1) is 18.0. The monoisotopic (exact) mass is 357 g/mol. The van der Waals surface area contributed by atoms with E-state index in [0.29, 0.717) is 12.1 Å². The maximum absolute atomic E-state index is 12.7. The minimum atomic E-state index is -5.98. The zero-order valence-electron chi connectivity index (χ0n) is 11.5. The summed E-state index contributed by atoms with van der Waals surface area (Å²) in [5.74, 6) is -1.31. The van der Waals surface area contributed by atoms with Crippen LogP contribution in [0.4, 0.5) is 26.3 Å². The molecule has 1 aliphatic heterocycles. The second-order valence-electron chi connectivity index (χ2n) is 4.96. The van der Waals surface area contributed by atoms with Gasteiger partial charge in [0.25, 0.3) is 5.60 Å². The number of carbonyl (C=O) groups is 1. The van der Waals surface area contributed by atoms with E-state index in [4.69, 9.17) is 5.11 Å². The van der Waals surface area contributed by atoms with Crippen LogP contribution in [0.2, 0.25) is 0 Å². The number of benzene rings is 1. The van der Waals surface area contributed by atoms with Gasteiger partial charge in [-0.25, -0.2) is 4.79 Å². The third kappa shape index (κ3) is 2.90. The Morgan fingerprint density at radius 2 is 1.58 bits per heavy atom. The van der Waals surface area contributed by atoms with Gasteiger partial charge >= 0.3 is 18.3 Å². The number of oxime groups is 1. The number of aliphatic hydroxyl groups is 1. The van der Waals surface area contributed by atoms with Crippen LogP contribution in [0, 0.1) is 0 Å². The van der Waals surface area contributed by atoms with Gasteiger partial charge in [0, 0.05) is 12.0 Å². The van der Waals surface area contributed by atoms with Crippen LogP contribution in [-0.2, 0) is 15.2 Å². The van der Waals surface area contributed by atoms with Crippen molar-refractivity contribution in [3.05, 3.63) is 35.4 Å². The first-order valence-electron chi connectivity index (χ1n) is 6.30. The quantitative estimate of drug-likeness (QED) is 0.815. The first-order chi connectivity index (χ1) is 10.9. The largest absolute Gasteiger partial charge is 0.478 e. The molecule has 1 heterocycles. The number of nitrogens with zero attached hydrogens (tertiary/aromatic N) is 1. The number of hydrogen-bond acceptors (Lipinski definition) is 4. The van der Waals surface area contributed by atoms with E-state index in [1.54, 1.807) is 0 Å². The average Bonchev–Trinajstić information content (AvgIpc) is 2.94. The van der Waals surface area contributed by atoms with Crippen molar-refractivity contribution in [2.24, 2.45) is 5.16 Å². The van der Waals surface area contributed by atoms with Crippen LogP contribution in [-0.4, -0.2) is 40.4 Å². The lowest BCUT2D eigenvalue weighted by Crippen LogP contribution is -2.53. The molecule has 1 atom stereocenters. The minimum Gasteiger partial charge on any atom is -0.478 e. The van der Waals surface area contributed by atoms with Crippen molar-refractivity contribution in [2.45, 2.75) is 30.5 Å². The van der Waals surface area contributed by atoms with Gasteiger partial charge in [-0.05, 0) is 5.56 Å². The average molecular weight is 357 g/mol. The molecule has 1 aliphatic rings. The van der Waals surface area contributed by atoms with Gasteiger partial charge in [0.2, 0.25) is 6.10 Å². The summed E-state index contributed by atoms with van der Waals surface area (Å²) in [6.07, 6.45) is -13.4. The number of aliphatic carboxylic acids is 1. The van der Waals surface area contributed by atoms with E-state index < -0.39 is 35.6 Å². The van der Waals surface area contributed by atoms with E-state index in [-0.39, 0.29) is 17.7 Å². The highest BCUT2D eigenvalue weighted by atomic mass is 19.4. The van der Waals surface area contributed by atoms with Crippen molar-refractivity contribution in [1.29, 1.82) is 0 Å². The lowest BCUT2D eigenvalue weighted by molar-refractivity contribution is -0.376. The summed E-state index contributed by atoms with van der Waals surface area (Å²) in [4.78, 5) is 15.3. The molecule has 0 amide bonds. The van der Waals surface area contributed by atoms with Gasteiger partial charge in [-0.1, -0.05) is 29.4 Å². The Morgan fingerprint density at radius 3 is 1.96 bits per heavy atom. The van der Waals surface area contributed by atoms with Crippen LogP contribution in [0.1, 0.15) is 17.5 Å². The number of alkyl halides is 6. The van der Waals surface area contributed by atoms with Gasteiger partial charge in [-0.3, -0.25) is 0 Å². The Balaban J connectivity index is 2.34. The molecule has 132 valence electrons. The molecule has 0 saturated carbocycles. The van der Waals surface area contributed by atoms with Crippen molar-refractivity contribution >= 4 is 11.7 Å². The Labute approximate surface area is 130 Å². The van der Waals surface area contributed by atoms with Crippen molar-refractivity contribution < 1.29 is 46.2 Å². The molecule has 5 nitrogen and oxygen atoms in total. The second kappa shape index (κ2) is 5.65.